The molecule has 1 saturated heterocycles. The third kappa shape index (κ3) is 4.90. The van der Waals surface area contributed by atoms with Crippen molar-refractivity contribution in [3.8, 4) is 0 Å². The van der Waals surface area contributed by atoms with Crippen molar-refractivity contribution in [3.63, 3.8) is 0 Å². The zero-order valence-electron chi connectivity index (χ0n) is 19.3. The van der Waals surface area contributed by atoms with Crippen molar-refractivity contribution in [2.75, 3.05) is 26.2 Å². The summed E-state index contributed by atoms with van der Waals surface area (Å²) in [7, 11) is -3.30. The van der Waals surface area contributed by atoms with E-state index in [4.69, 9.17) is 0 Å². The summed E-state index contributed by atoms with van der Waals surface area (Å²) >= 11 is 0. The van der Waals surface area contributed by atoms with E-state index in [2.05, 4.69) is 35.2 Å². The normalized spacial score (nSPS) is 24.6. The van der Waals surface area contributed by atoms with E-state index >= 15 is 0 Å². The summed E-state index contributed by atoms with van der Waals surface area (Å²) in [6.45, 7) is 4.61. The molecule has 2 aliphatic heterocycles. The van der Waals surface area contributed by atoms with Crippen molar-refractivity contribution >= 4 is 10.0 Å². The molecule has 2 aliphatic carbocycles. The van der Waals surface area contributed by atoms with E-state index in [1.54, 1.807) is 4.31 Å². The summed E-state index contributed by atoms with van der Waals surface area (Å²) in [5.41, 5.74) is 4.44. The Kier molecular flexibility index (Phi) is 6.87. The van der Waals surface area contributed by atoms with Gasteiger partial charge in [0.25, 0.3) is 0 Å². The topological polar surface area (TPSA) is 40.6 Å². The number of sulfonamides is 1. The molecule has 174 valence electrons. The number of nitrogens with zero attached hydrogens (tertiary/aromatic N) is 2. The summed E-state index contributed by atoms with van der Waals surface area (Å²) in [5, 5.41) is 0. The Morgan fingerprint density at radius 2 is 1.56 bits per heavy atom. The first-order chi connectivity index (χ1) is 15.6. The second kappa shape index (κ2) is 9.82. The molecule has 5 heteroatoms. The van der Waals surface area contributed by atoms with E-state index < -0.39 is 10.0 Å². The van der Waals surface area contributed by atoms with Crippen molar-refractivity contribution in [1.29, 1.82) is 0 Å². The Balaban J connectivity index is 1.15. The van der Waals surface area contributed by atoms with E-state index in [9.17, 15) is 8.42 Å². The lowest BCUT2D eigenvalue weighted by atomic mass is 9.81. The second-order valence-electron chi connectivity index (χ2n) is 10.3. The molecule has 0 amide bonds. The molecule has 4 aliphatic rings. The largest absolute Gasteiger partial charge is 0.298 e. The van der Waals surface area contributed by atoms with Crippen LogP contribution in [0.1, 0.15) is 68.9 Å². The van der Waals surface area contributed by atoms with Crippen LogP contribution in [0.2, 0.25) is 0 Å². The highest BCUT2D eigenvalue weighted by Gasteiger charge is 2.33. The zero-order chi connectivity index (χ0) is 22.0. The summed E-state index contributed by atoms with van der Waals surface area (Å²) in [5.74, 6) is 1.30. The standard InChI is InChI=1S/C27H38N2O2S/c30-32(31,27-12-10-25(11-13-27)23-6-2-1-3-7-23)29-18-14-22(15-19-29)20-28-17-16-24-8-4-5-9-26(24)21-28/h4-5,8-10,12,22-23H,1-3,6-7,11,13-21H2. The van der Waals surface area contributed by atoms with Crippen molar-refractivity contribution in [3.05, 3.63) is 58.0 Å². The predicted molar refractivity (Wildman–Crippen MR) is 131 cm³/mol. The third-order valence-corrected chi connectivity index (χ3v) is 10.3. The maximum atomic E-state index is 13.3. The minimum Gasteiger partial charge on any atom is -0.298 e. The fourth-order valence-corrected chi connectivity index (χ4v) is 7.86. The molecule has 1 aromatic rings. The number of piperidine rings is 1. The van der Waals surface area contributed by atoms with Gasteiger partial charge < -0.3 is 0 Å². The van der Waals surface area contributed by atoms with Gasteiger partial charge in [-0.1, -0.05) is 55.2 Å². The fraction of sp³-hybridized carbons (Fsp3) is 0.630. The van der Waals surface area contributed by atoms with Gasteiger partial charge in [0.2, 0.25) is 10.0 Å². The monoisotopic (exact) mass is 454 g/mol. The Hall–Kier alpha value is -1.43. The van der Waals surface area contributed by atoms with Gasteiger partial charge in [-0.05, 0) is 74.0 Å². The third-order valence-electron chi connectivity index (χ3n) is 8.24. The molecule has 2 heterocycles. The maximum Gasteiger partial charge on any atom is 0.239 e. The number of hydrogen-bond acceptors (Lipinski definition) is 3. The first-order valence-electron chi connectivity index (χ1n) is 12.8. The van der Waals surface area contributed by atoms with Gasteiger partial charge in [-0.3, -0.25) is 4.90 Å². The molecule has 32 heavy (non-hydrogen) atoms. The van der Waals surface area contributed by atoms with Gasteiger partial charge in [0.1, 0.15) is 0 Å². The molecule has 1 saturated carbocycles. The van der Waals surface area contributed by atoms with E-state index in [0.717, 1.165) is 45.3 Å². The summed E-state index contributed by atoms with van der Waals surface area (Å²) in [4.78, 5) is 3.21. The van der Waals surface area contributed by atoms with Crippen LogP contribution in [0.5, 0.6) is 0 Å². The van der Waals surface area contributed by atoms with Crippen molar-refractivity contribution in [2.24, 2.45) is 11.8 Å². The molecule has 0 radical (unpaired) electrons. The summed E-state index contributed by atoms with van der Waals surface area (Å²) in [6.07, 6.45) is 15.4. The molecule has 0 bridgehead atoms. The highest BCUT2D eigenvalue weighted by Crippen LogP contribution is 2.36. The van der Waals surface area contributed by atoms with Gasteiger partial charge >= 0.3 is 0 Å². The summed E-state index contributed by atoms with van der Waals surface area (Å²) in [6, 6.07) is 8.78. The van der Waals surface area contributed by atoms with Crippen LogP contribution >= 0.6 is 0 Å². The van der Waals surface area contributed by atoms with Crippen LogP contribution in [-0.4, -0.2) is 43.8 Å². The first kappa shape index (κ1) is 22.4. The Bertz CT molecular complexity index is 967. The molecular weight excluding hydrogens is 416 g/mol. The van der Waals surface area contributed by atoms with E-state index in [1.165, 1.54) is 48.8 Å². The van der Waals surface area contributed by atoms with Crippen LogP contribution in [0.3, 0.4) is 0 Å². The minimum atomic E-state index is -3.30. The highest BCUT2D eigenvalue weighted by atomic mass is 32.2. The molecule has 0 aromatic heterocycles. The molecule has 0 spiro atoms. The number of benzene rings is 1. The quantitative estimate of drug-likeness (QED) is 0.608. The lowest BCUT2D eigenvalue weighted by Crippen LogP contribution is -2.43. The molecule has 0 N–H and O–H groups in total. The molecule has 0 unspecified atom stereocenters. The van der Waals surface area contributed by atoms with E-state index in [0.29, 0.717) is 36.3 Å². The van der Waals surface area contributed by atoms with Gasteiger partial charge in [0, 0.05) is 32.7 Å². The Morgan fingerprint density at radius 1 is 0.812 bits per heavy atom. The summed E-state index contributed by atoms with van der Waals surface area (Å²) < 4.78 is 28.3. The molecule has 0 atom stereocenters. The molecule has 5 rings (SSSR count). The SMILES string of the molecule is O=S(=O)(C1=CC=C(C2CCCCC2)CC1)N1CCC(CN2CCc3ccccc3C2)CC1. The number of allylic oxidation sites excluding steroid dienone is 4. The van der Waals surface area contributed by atoms with Gasteiger partial charge in [-0.25, -0.2) is 8.42 Å². The maximum absolute atomic E-state index is 13.3. The van der Waals surface area contributed by atoms with Crippen molar-refractivity contribution < 1.29 is 8.42 Å². The zero-order valence-corrected chi connectivity index (χ0v) is 20.2. The van der Waals surface area contributed by atoms with Crippen molar-refractivity contribution in [2.45, 2.75) is 70.8 Å². The lowest BCUT2D eigenvalue weighted by Gasteiger charge is -2.36. The van der Waals surface area contributed by atoms with Gasteiger partial charge in [-0.15, -0.1) is 0 Å². The van der Waals surface area contributed by atoms with E-state index in [1.807, 2.05) is 6.08 Å². The molecule has 1 aromatic carbocycles. The average Bonchev–Trinajstić information content (AvgIpc) is 2.85. The van der Waals surface area contributed by atoms with Crippen LogP contribution in [0.15, 0.2) is 46.9 Å². The number of fused-ring (bicyclic) bond motifs is 1. The molecular formula is C27H38N2O2S. The van der Waals surface area contributed by atoms with Gasteiger partial charge in [-0.2, -0.15) is 4.31 Å². The highest BCUT2D eigenvalue weighted by molar-refractivity contribution is 7.93. The average molecular weight is 455 g/mol. The predicted octanol–water partition coefficient (Wildman–Crippen LogP) is 5.27. The smallest absolute Gasteiger partial charge is 0.239 e. The molecule has 2 fully saturated rings. The Morgan fingerprint density at radius 3 is 2.28 bits per heavy atom. The fourth-order valence-electron chi connectivity index (χ4n) is 6.24. The number of hydrogen-bond donors (Lipinski definition) is 0. The first-order valence-corrected chi connectivity index (χ1v) is 14.2. The molecule has 4 nitrogen and oxygen atoms in total. The van der Waals surface area contributed by atoms with Crippen molar-refractivity contribution in [1.82, 2.24) is 9.21 Å². The van der Waals surface area contributed by atoms with Crippen LogP contribution in [0.4, 0.5) is 0 Å². The van der Waals surface area contributed by atoms with Gasteiger partial charge in [0.15, 0.2) is 0 Å². The van der Waals surface area contributed by atoms with Gasteiger partial charge in [0.05, 0.1) is 4.91 Å². The lowest BCUT2D eigenvalue weighted by molar-refractivity contribution is 0.171. The van der Waals surface area contributed by atoms with Crippen LogP contribution in [0.25, 0.3) is 0 Å². The van der Waals surface area contributed by atoms with Crippen LogP contribution in [0, 0.1) is 11.8 Å². The van der Waals surface area contributed by atoms with E-state index in [-0.39, 0.29) is 0 Å². The minimum absolute atomic E-state index is 0.602. The second-order valence-corrected chi connectivity index (χ2v) is 12.3. The Labute approximate surface area is 194 Å². The van der Waals surface area contributed by atoms with Crippen LogP contribution in [-0.2, 0) is 23.0 Å². The number of rotatable bonds is 5. The van der Waals surface area contributed by atoms with Crippen LogP contribution < -0.4 is 0 Å².